The fourth-order valence-electron chi connectivity index (χ4n) is 2.04. The largest absolute Gasteiger partial charge is 0.441 e. The van der Waals surface area contributed by atoms with E-state index in [4.69, 9.17) is 16.6 Å². The van der Waals surface area contributed by atoms with Crippen molar-refractivity contribution in [2.24, 2.45) is 0 Å². The van der Waals surface area contributed by atoms with E-state index in [-0.39, 0.29) is 5.91 Å². The molecule has 0 N–H and O–H groups in total. The Morgan fingerprint density at radius 3 is 2.76 bits per heavy atom. The zero-order valence-corrected chi connectivity index (χ0v) is 13.8. The number of carbonyl (C=O) groups excluding carboxylic acids is 1. The number of anilines is 1. The van der Waals surface area contributed by atoms with Crippen molar-refractivity contribution < 1.29 is 9.21 Å². The fraction of sp³-hybridized carbons (Fsp3) is 0.333. The van der Waals surface area contributed by atoms with Gasteiger partial charge in [-0.2, -0.15) is 0 Å². The minimum Gasteiger partial charge on any atom is -0.441 e. The molecule has 1 saturated heterocycles. The summed E-state index contributed by atoms with van der Waals surface area (Å²) < 4.78 is 6.33. The summed E-state index contributed by atoms with van der Waals surface area (Å²) in [6.45, 7) is 9.98. The number of hydrogen-bond donors (Lipinski definition) is 0. The van der Waals surface area contributed by atoms with Crippen LogP contribution in [0.2, 0.25) is 0 Å². The van der Waals surface area contributed by atoms with E-state index in [0.29, 0.717) is 21.5 Å². The Labute approximate surface area is 134 Å². The Hall–Kier alpha value is -1.53. The van der Waals surface area contributed by atoms with Gasteiger partial charge in [0.15, 0.2) is 5.88 Å². The van der Waals surface area contributed by atoms with Gasteiger partial charge in [0, 0.05) is 31.8 Å². The van der Waals surface area contributed by atoms with Crippen molar-refractivity contribution in [3.63, 3.8) is 0 Å². The highest BCUT2D eigenvalue weighted by atomic mass is 32.2. The van der Waals surface area contributed by atoms with Gasteiger partial charge in [0.05, 0.1) is 4.91 Å². The summed E-state index contributed by atoms with van der Waals surface area (Å²) in [6.07, 6.45) is 3.41. The maximum Gasteiger partial charge on any atom is 0.266 e. The summed E-state index contributed by atoms with van der Waals surface area (Å²) in [5.41, 5.74) is 0. The Morgan fingerprint density at radius 2 is 2.14 bits per heavy atom. The molecular weight excluding hydrogens is 304 g/mol. The van der Waals surface area contributed by atoms with Gasteiger partial charge in [-0.15, -0.1) is 6.58 Å². The van der Waals surface area contributed by atoms with Crippen molar-refractivity contribution >= 4 is 46.2 Å². The molecule has 0 saturated carbocycles. The van der Waals surface area contributed by atoms with Gasteiger partial charge in [-0.25, -0.2) is 0 Å². The molecule has 1 aliphatic rings. The second-order valence-corrected chi connectivity index (χ2v) is 6.11. The molecule has 112 valence electrons. The Kier molecular flexibility index (Phi) is 5.25. The lowest BCUT2D eigenvalue weighted by molar-refractivity contribution is -0.121. The molecule has 1 aliphatic heterocycles. The van der Waals surface area contributed by atoms with E-state index in [0.717, 1.165) is 19.0 Å². The van der Waals surface area contributed by atoms with Gasteiger partial charge in [0.1, 0.15) is 10.1 Å². The van der Waals surface area contributed by atoms with Crippen LogP contribution in [-0.2, 0) is 4.79 Å². The first-order valence-electron chi connectivity index (χ1n) is 6.81. The molecule has 0 aromatic carbocycles. The van der Waals surface area contributed by atoms with E-state index in [1.54, 1.807) is 12.2 Å². The highest BCUT2D eigenvalue weighted by Crippen LogP contribution is 2.33. The minimum atomic E-state index is -0.0920. The van der Waals surface area contributed by atoms with Gasteiger partial charge in [-0.05, 0) is 19.9 Å². The van der Waals surface area contributed by atoms with Crippen LogP contribution in [0.4, 0.5) is 5.88 Å². The van der Waals surface area contributed by atoms with Gasteiger partial charge in [-0.1, -0.05) is 30.1 Å². The van der Waals surface area contributed by atoms with Gasteiger partial charge < -0.3 is 9.32 Å². The van der Waals surface area contributed by atoms with Crippen LogP contribution in [-0.4, -0.2) is 34.8 Å². The quantitative estimate of drug-likeness (QED) is 0.455. The molecule has 0 unspecified atom stereocenters. The van der Waals surface area contributed by atoms with Gasteiger partial charge in [-0.3, -0.25) is 9.69 Å². The average molecular weight is 322 g/mol. The average Bonchev–Trinajstić information content (AvgIpc) is 3.02. The van der Waals surface area contributed by atoms with E-state index in [9.17, 15) is 4.79 Å². The monoisotopic (exact) mass is 322 g/mol. The van der Waals surface area contributed by atoms with E-state index in [1.165, 1.54) is 16.7 Å². The van der Waals surface area contributed by atoms with Crippen LogP contribution in [0.5, 0.6) is 0 Å². The number of carbonyl (C=O) groups is 1. The molecule has 4 nitrogen and oxygen atoms in total. The minimum absolute atomic E-state index is 0.0920. The number of nitrogens with zero attached hydrogens (tertiary/aromatic N) is 2. The highest BCUT2D eigenvalue weighted by Gasteiger charge is 2.31. The van der Waals surface area contributed by atoms with Crippen LogP contribution < -0.4 is 4.90 Å². The molecule has 2 rings (SSSR count). The van der Waals surface area contributed by atoms with Crippen molar-refractivity contribution in [2.75, 3.05) is 24.5 Å². The third kappa shape index (κ3) is 3.39. The fourth-order valence-corrected chi connectivity index (χ4v) is 3.30. The molecule has 1 amide bonds. The molecular formula is C15H18N2O2S2. The third-order valence-corrected chi connectivity index (χ3v) is 4.52. The molecule has 1 fully saturated rings. The molecule has 6 heteroatoms. The Balaban J connectivity index is 2.19. The first kappa shape index (κ1) is 15.9. The topological polar surface area (TPSA) is 36.7 Å². The van der Waals surface area contributed by atoms with Gasteiger partial charge >= 0.3 is 0 Å². The molecule has 1 aromatic heterocycles. The maximum absolute atomic E-state index is 12.2. The first-order valence-corrected chi connectivity index (χ1v) is 8.04. The van der Waals surface area contributed by atoms with E-state index in [1.807, 2.05) is 12.1 Å². The number of furan rings is 1. The molecule has 0 aliphatic carbocycles. The van der Waals surface area contributed by atoms with Gasteiger partial charge in [0.2, 0.25) is 0 Å². The summed E-state index contributed by atoms with van der Waals surface area (Å²) in [5.74, 6) is 1.38. The smallest absolute Gasteiger partial charge is 0.266 e. The van der Waals surface area contributed by atoms with Crippen LogP contribution in [0.3, 0.4) is 0 Å². The lowest BCUT2D eigenvalue weighted by atomic mass is 10.3. The van der Waals surface area contributed by atoms with Crippen molar-refractivity contribution in [3.05, 3.63) is 35.5 Å². The second kappa shape index (κ2) is 6.95. The number of amides is 1. The lowest BCUT2D eigenvalue weighted by Crippen LogP contribution is -2.27. The molecule has 0 radical (unpaired) electrons. The molecule has 1 aromatic rings. The maximum atomic E-state index is 12.2. The number of thioether (sulfide) groups is 1. The van der Waals surface area contributed by atoms with Crippen LogP contribution in [0.25, 0.3) is 6.08 Å². The second-order valence-electron chi connectivity index (χ2n) is 4.43. The molecule has 0 bridgehead atoms. The summed E-state index contributed by atoms with van der Waals surface area (Å²) >= 11 is 6.49. The van der Waals surface area contributed by atoms with Crippen molar-refractivity contribution in [3.8, 4) is 0 Å². The lowest BCUT2D eigenvalue weighted by Gasteiger charge is -2.16. The Morgan fingerprint density at radius 1 is 1.43 bits per heavy atom. The molecule has 2 heterocycles. The zero-order valence-electron chi connectivity index (χ0n) is 12.2. The predicted molar refractivity (Wildman–Crippen MR) is 92.3 cm³/mol. The number of thiocarbonyl (C=S) groups is 1. The highest BCUT2D eigenvalue weighted by molar-refractivity contribution is 8.26. The summed E-state index contributed by atoms with van der Waals surface area (Å²) in [5, 5.41) is 0. The van der Waals surface area contributed by atoms with E-state index in [2.05, 4.69) is 25.3 Å². The normalized spacial score (nSPS) is 16.9. The standard InChI is InChI=1S/C15H18N2O2S2/c1-4-9-17-14(18)12(21-15(17)20)10-11-7-8-13(19-11)16(5-2)6-3/h4,7-8,10H,1,5-6,9H2,2-3H3/b12-10-. The van der Waals surface area contributed by atoms with Gasteiger partial charge in [0.25, 0.3) is 5.91 Å². The van der Waals surface area contributed by atoms with E-state index >= 15 is 0 Å². The summed E-state index contributed by atoms with van der Waals surface area (Å²) in [6, 6.07) is 3.79. The SMILES string of the molecule is C=CCN1C(=O)/C(=C/c2ccc(N(CC)CC)o2)SC1=S. The van der Waals surface area contributed by atoms with Crippen molar-refractivity contribution in [1.82, 2.24) is 4.90 Å². The van der Waals surface area contributed by atoms with Crippen LogP contribution in [0.1, 0.15) is 19.6 Å². The summed E-state index contributed by atoms with van der Waals surface area (Å²) in [4.78, 5) is 16.4. The van der Waals surface area contributed by atoms with Crippen molar-refractivity contribution in [2.45, 2.75) is 13.8 Å². The van der Waals surface area contributed by atoms with Crippen molar-refractivity contribution in [1.29, 1.82) is 0 Å². The number of rotatable bonds is 6. The van der Waals surface area contributed by atoms with Crippen LogP contribution in [0, 0.1) is 0 Å². The van der Waals surface area contributed by atoms with E-state index < -0.39 is 0 Å². The number of hydrogen-bond acceptors (Lipinski definition) is 5. The third-order valence-electron chi connectivity index (χ3n) is 3.15. The van der Waals surface area contributed by atoms with Crippen LogP contribution in [0.15, 0.2) is 34.1 Å². The van der Waals surface area contributed by atoms with Crippen LogP contribution >= 0.6 is 24.0 Å². The molecule has 0 spiro atoms. The first-order chi connectivity index (χ1) is 10.1. The molecule has 0 atom stereocenters. The summed E-state index contributed by atoms with van der Waals surface area (Å²) in [7, 11) is 0. The molecule has 21 heavy (non-hydrogen) atoms. The zero-order chi connectivity index (χ0) is 15.4. The predicted octanol–water partition coefficient (Wildman–Crippen LogP) is 3.51. The Bertz CT molecular complexity index is 588.